The highest BCUT2D eigenvalue weighted by atomic mass is 16.4. The maximum absolute atomic E-state index is 12.3. The molecule has 2 N–H and O–H groups in total. The van der Waals surface area contributed by atoms with Gasteiger partial charge >= 0.3 is 5.97 Å². The van der Waals surface area contributed by atoms with Crippen LogP contribution in [0.2, 0.25) is 0 Å². The molecule has 0 atom stereocenters. The number of carboxylic acid groups (broad SMARTS) is 1. The SMILES string of the molecule is Cn1cnc2c(C(=O)NCC3(CC(=O)O)CC3)cccc21. The van der Waals surface area contributed by atoms with Crippen molar-refractivity contribution < 1.29 is 14.7 Å². The number of aromatic nitrogens is 2. The Balaban J connectivity index is 1.74. The molecule has 6 nitrogen and oxygen atoms in total. The highest BCUT2D eigenvalue weighted by molar-refractivity contribution is 6.04. The predicted molar refractivity (Wildman–Crippen MR) is 77.0 cm³/mol. The van der Waals surface area contributed by atoms with Crippen molar-refractivity contribution in [2.24, 2.45) is 12.5 Å². The van der Waals surface area contributed by atoms with Crippen LogP contribution in [-0.2, 0) is 11.8 Å². The smallest absolute Gasteiger partial charge is 0.303 e. The number of nitrogens with zero attached hydrogens (tertiary/aromatic N) is 2. The number of carbonyl (C=O) groups excluding carboxylic acids is 1. The molecule has 1 fully saturated rings. The van der Waals surface area contributed by atoms with Crippen LogP contribution in [-0.4, -0.2) is 33.1 Å². The van der Waals surface area contributed by atoms with Gasteiger partial charge in [0, 0.05) is 13.6 Å². The number of fused-ring (bicyclic) bond motifs is 1. The summed E-state index contributed by atoms with van der Waals surface area (Å²) < 4.78 is 1.86. The lowest BCUT2D eigenvalue weighted by atomic mass is 10.0. The van der Waals surface area contributed by atoms with E-state index in [-0.39, 0.29) is 17.7 Å². The first-order valence-corrected chi connectivity index (χ1v) is 6.91. The second-order valence-corrected chi connectivity index (χ2v) is 5.78. The van der Waals surface area contributed by atoms with Gasteiger partial charge in [0.15, 0.2) is 0 Å². The van der Waals surface area contributed by atoms with Crippen molar-refractivity contribution >= 4 is 22.9 Å². The molecule has 1 heterocycles. The third kappa shape index (κ3) is 2.61. The van der Waals surface area contributed by atoms with E-state index in [4.69, 9.17) is 5.11 Å². The minimum atomic E-state index is -0.812. The molecular formula is C15H17N3O3. The quantitative estimate of drug-likeness (QED) is 0.874. The fraction of sp³-hybridized carbons (Fsp3) is 0.400. The Labute approximate surface area is 121 Å². The molecule has 1 aliphatic carbocycles. The topological polar surface area (TPSA) is 84.2 Å². The molecule has 0 saturated heterocycles. The normalized spacial score (nSPS) is 15.9. The molecule has 0 bridgehead atoms. The zero-order chi connectivity index (χ0) is 15.0. The van der Waals surface area contributed by atoms with Gasteiger partial charge in [0.1, 0.15) is 5.52 Å². The zero-order valence-electron chi connectivity index (χ0n) is 11.8. The molecule has 0 unspecified atom stereocenters. The average molecular weight is 287 g/mol. The van der Waals surface area contributed by atoms with E-state index in [9.17, 15) is 9.59 Å². The number of rotatable bonds is 5. The van der Waals surface area contributed by atoms with Crippen molar-refractivity contribution in [2.45, 2.75) is 19.3 Å². The van der Waals surface area contributed by atoms with Crippen LogP contribution < -0.4 is 5.32 Å². The van der Waals surface area contributed by atoms with E-state index in [0.29, 0.717) is 17.6 Å². The number of para-hydroxylation sites is 1. The first kappa shape index (κ1) is 13.6. The number of amides is 1. The highest BCUT2D eigenvalue weighted by Gasteiger charge is 2.44. The lowest BCUT2D eigenvalue weighted by Gasteiger charge is -2.13. The van der Waals surface area contributed by atoms with Gasteiger partial charge in [0.05, 0.1) is 23.8 Å². The van der Waals surface area contributed by atoms with Crippen molar-refractivity contribution in [3.8, 4) is 0 Å². The average Bonchev–Trinajstić information content (AvgIpc) is 3.10. The Morgan fingerprint density at radius 2 is 2.19 bits per heavy atom. The summed E-state index contributed by atoms with van der Waals surface area (Å²) in [6.07, 6.45) is 3.50. The predicted octanol–water partition coefficient (Wildman–Crippen LogP) is 1.56. The van der Waals surface area contributed by atoms with Crippen LogP contribution in [0.25, 0.3) is 11.0 Å². The van der Waals surface area contributed by atoms with Gasteiger partial charge in [-0.25, -0.2) is 4.98 Å². The Hall–Kier alpha value is -2.37. The molecule has 1 saturated carbocycles. The Morgan fingerprint density at radius 3 is 2.86 bits per heavy atom. The molecule has 21 heavy (non-hydrogen) atoms. The van der Waals surface area contributed by atoms with E-state index >= 15 is 0 Å². The number of nitrogens with one attached hydrogen (secondary N) is 1. The zero-order valence-corrected chi connectivity index (χ0v) is 11.8. The van der Waals surface area contributed by atoms with Crippen molar-refractivity contribution in [2.75, 3.05) is 6.54 Å². The largest absolute Gasteiger partial charge is 0.481 e. The number of aliphatic carboxylic acids is 1. The summed E-state index contributed by atoms with van der Waals surface area (Å²) in [6, 6.07) is 5.47. The Kier molecular flexibility index (Phi) is 3.16. The third-order valence-corrected chi connectivity index (χ3v) is 4.11. The van der Waals surface area contributed by atoms with Crippen LogP contribution in [0.3, 0.4) is 0 Å². The Morgan fingerprint density at radius 1 is 1.43 bits per heavy atom. The van der Waals surface area contributed by atoms with E-state index in [1.165, 1.54) is 0 Å². The first-order chi connectivity index (χ1) is 10.0. The molecular weight excluding hydrogens is 270 g/mol. The second-order valence-electron chi connectivity index (χ2n) is 5.78. The van der Waals surface area contributed by atoms with E-state index in [0.717, 1.165) is 18.4 Å². The molecule has 0 radical (unpaired) electrons. The number of carbonyl (C=O) groups is 2. The Bertz CT molecular complexity index is 716. The minimum absolute atomic E-state index is 0.112. The van der Waals surface area contributed by atoms with E-state index < -0.39 is 5.97 Å². The fourth-order valence-corrected chi connectivity index (χ4v) is 2.62. The van der Waals surface area contributed by atoms with Gasteiger partial charge in [-0.15, -0.1) is 0 Å². The van der Waals surface area contributed by atoms with Crippen LogP contribution in [0.1, 0.15) is 29.6 Å². The maximum atomic E-state index is 12.3. The molecule has 2 aromatic rings. The number of imidazole rings is 1. The van der Waals surface area contributed by atoms with Crippen molar-refractivity contribution in [1.82, 2.24) is 14.9 Å². The summed E-state index contributed by atoms with van der Waals surface area (Å²) in [4.78, 5) is 27.4. The molecule has 3 rings (SSSR count). The van der Waals surface area contributed by atoms with Gasteiger partial charge in [-0.05, 0) is 30.4 Å². The molecule has 110 valence electrons. The molecule has 1 amide bonds. The van der Waals surface area contributed by atoms with Crippen LogP contribution in [0.4, 0.5) is 0 Å². The summed E-state index contributed by atoms with van der Waals surface area (Å²) >= 11 is 0. The van der Waals surface area contributed by atoms with Gasteiger partial charge in [0.2, 0.25) is 0 Å². The van der Waals surface area contributed by atoms with Crippen molar-refractivity contribution in [1.29, 1.82) is 0 Å². The third-order valence-electron chi connectivity index (χ3n) is 4.11. The summed E-state index contributed by atoms with van der Waals surface area (Å²) in [5.41, 5.74) is 1.84. The molecule has 0 aliphatic heterocycles. The van der Waals surface area contributed by atoms with Crippen molar-refractivity contribution in [3.63, 3.8) is 0 Å². The van der Waals surface area contributed by atoms with E-state index in [1.54, 1.807) is 12.4 Å². The second kappa shape index (κ2) is 4.87. The molecule has 0 spiro atoms. The summed E-state index contributed by atoms with van der Waals surface area (Å²) in [7, 11) is 1.88. The molecule has 1 aromatic carbocycles. The minimum Gasteiger partial charge on any atom is -0.481 e. The van der Waals surface area contributed by atoms with Crippen molar-refractivity contribution in [3.05, 3.63) is 30.1 Å². The maximum Gasteiger partial charge on any atom is 0.303 e. The highest BCUT2D eigenvalue weighted by Crippen LogP contribution is 2.48. The van der Waals surface area contributed by atoms with Crippen LogP contribution >= 0.6 is 0 Å². The van der Waals surface area contributed by atoms with Gasteiger partial charge in [-0.2, -0.15) is 0 Å². The molecule has 1 aliphatic rings. The van der Waals surface area contributed by atoms with Gasteiger partial charge in [0.25, 0.3) is 5.91 Å². The fourth-order valence-electron chi connectivity index (χ4n) is 2.62. The van der Waals surface area contributed by atoms with Gasteiger partial charge in [-0.1, -0.05) is 6.07 Å². The number of carboxylic acids is 1. The lowest BCUT2D eigenvalue weighted by Crippen LogP contribution is -2.31. The van der Waals surface area contributed by atoms with Crippen LogP contribution in [0, 0.1) is 5.41 Å². The van der Waals surface area contributed by atoms with E-state index in [1.807, 2.05) is 23.7 Å². The van der Waals surface area contributed by atoms with Gasteiger partial charge < -0.3 is 15.0 Å². The van der Waals surface area contributed by atoms with E-state index in [2.05, 4.69) is 10.3 Å². The van der Waals surface area contributed by atoms with Gasteiger partial charge in [-0.3, -0.25) is 9.59 Å². The first-order valence-electron chi connectivity index (χ1n) is 6.91. The number of benzene rings is 1. The summed E-state index contributed by atoms with van der Waals surface area (Å²) in [6.45, 7) is 0.404. The molecule has 1 aromatic heterocycles. The lowest BCUT2D eigenvalue weighted by molar-refractivity contribution is -0.138. The number of aryl methyl sites for hydroxylation is 1. The molecule has 6 heteroatoms. The van der Waals surface area contributed by atoms with Crippen LogP contribution in [0.5, 0.6) is 0 Å². The summed E-state index contributed by atoms with van der Waals surface area (Å²) in [5.74, 6) is -1.01. The monoisotopic (exact) mass is 287 g/mol. The number of hydrogen-bond donors (Lipinski definition) is 2. The summed E-state index contributed by atoms with van der Waals surface area (Å²) in [5, 5.41) is 11.7. The number of hydrogen-bond acceptors (Lipinski definition) is 3. The standard InChI is InChI=1S/C15H17N3O3/c1-18-9-17-13-10(3-2-4-11(13)18)14(21)16-8-15(5-6-15)7-12(19)20/h2-4,9H,5-8H2,1H3,(H,16,21)(H,19,20). The van der Waals surface area contributed by atoms with Crippen LogP contribution in [0.15, 0.2) is 24.5 Å².